The number of hydrogen-bond donors (Lipinski definition) is 0. The van der Waals surface area contributed by atoms with Crippen molar-refractivity contribution >= 4 is 45.5 Å². The maximum absolute atomic E-state index is 13.1. The maximum atomic E-state index is 13.1. The first-order valence-corrected chi connectivity index (χ1v) is 9.58. The fourth-order valence-electron chi connectivity index (χ4n) is 2.88. The lowest BCUT2D eigenvalue weighted by atomic mass is 10.2. The average molecular weight is 400 g/mol. The summed E-state index contributed by atoms with van der Waals surface area (Å²) < 4.78 is 4.65. The van der Waals surface area contributed by atoms with E-state index in [1.54, 1.807) is 4.57 Å². The molecular weight excluding hydrogens is 386 g/mol. The number of para-hydroxylation sites is 1. The quantitative estimate of drug-likeness (QED) is 0.456. The highest BCUT2D eigenvalue weighted by Gasteiger charge is 2.16. The Bertz CT molecular complexity index is 1230. The van der Waals surface area contributed by atoms with E-state index < -0.39 is 0 Å². The minimum atomic E-state index is -0.0989. The fourth-order valence-corrected chi connectivity index (χ4v) is 4.40. The van der Waals surface area contributed by atoms with Gasteiger partial charge in [-0.25, -0.2) is 4.98 Å². The van der Waals surface area contributed by atoms with Gasteiger partial charge in [-0.15, -0.1) is 0 Å². The molecule has 2 heterocycles. The normalized spacial score (nSPS) is 11.2. The Morgan fingerprint density at radius 1 is 1.12 bits per heavy atom. The number of halogens is 1. The van der Waals surface area contributed by atoms with Gasteiger partial charge < -0.3 is 0 Å². The molecule has 0 aliphatic carbocycles. The second kappa shape index (κ2) is 6.79. The molecule has 4 rings (SSSR count). The van der Waals surface area contributed by atoms with Gasteiger partial charge in [0.15, 0.2) is 9.60 Å². The van der Waals surface area contributed by atoms with Crippen LogP contribution in [0.4, 0.5) is 0 Å². The van der Waals surface area contributed by atoms with E-state index in [4.69, 9.17) is 23.8 Å². The van der Waals surface area contributed by atoms with Crippen molar-refractivity contribution in [2.24, 2.45) is 0 Å². The third-order valence-electron chi connectivity index (χ3n) is 4.19. The predicted molar refractivity (Wildman–Crippen MR) is 109 cm³/mol. The molecule has 0 aliphatic rings. The molecule has 4 nitrogen and oxygen atoms in total. The first-order valence-electron chi connectivity index (χ1n) is 7.98. The van der Waals surface area contributed by atoms with Crippen LogP contribution in [0.25, 0.3) is 16.0 Å². The van der Waals surface area contributed by atoms with Gasteiger partial charge in [0.2, 0.25) is 0 Å². The molecule has 7 heteroatoms. The van der Waals surface area contributed by atoms with Gasteiger partial charge in [-0.05, 0) is 42.9 Å². The Hall–Kier alpha value is -2.28. The third kappa shape index (κ3) is 2.90. The van der Waals surface area contributed by atoms with Crippen LogP contribution in [-0.2, 0) is 6.54 Å². The van der Waals surface area contributed by atoms with Crippen molar-refractivity contribution in [1.82, 2.24) is 14.1 Å². The van der Waals surface area contributed by atoms with Crippen molar-refractivity contribution in [1.29, 1.82) is 0 Å². The lowest BCUT2D eigenvalue weighted by Crippen LogP contribution is -2.24. The van der Waals surface area contributed by atoms with Gasteiger partial charge in [0.1, 0.15) is 10.5 Å². The van der Waals surface area contributed by atoms with Crippen LogP contribution in [0.3, 0.4) is 0 Å². The number of nitrogens with zero attached hydrogens (tertiary/aromatic N) is 3. The molecule has 0 N–H and O–H groups in total. The van der Waals surface area contributed by atoms with Crippen LogP contribution >= 0.6 is 35.2 Å². The van der Waals surface area contributed by atoms with Gasteiger partial charge in [-0.3, -0.25) is 13.9 Å². The molecule has 0 saturated carbocycles. The zero-order valence-electron chi connectivity index (χ0n) is 13.8. The molecule has 130 valence electrons. The van der Waals surface area contributed by atoms with Gasteiger partial charge in [-0.1, -0.05) is 59.3 Å². The maximum Gasteiger partial charge on any atom is 0.273 e. The van der Waals surface area contributed by atoms with E-state index in [2.05, 4.69) is 4.98 Å². The summed E-state index contributed by atoms with van der Waals surface area (Å²) in [5.74, 6) is 0.625. The van der Waals surface area contributed by atoms with Crippen LogP contribution in [0.15, 0.2) is 59.4 Å². The van der Waals surface area contributed by atoms with E-state index >= 15 is 0 Å². The smallest absolute Gasteiger partial charge is 0.273 e. The molecule has 0 atom stereocenters. The van der Waals surface area contributed by atoms with Crippen LogP contribution in [0.1, 0.15) is 11.4 Å². The predicted octanol–water partition coefficient (Wildman–Crippen LogP) is 4.99. The van der Waals surface area contributed by atoms with Crippen molar-refractivity contribution in [3.63, 3.8) is 0 Å². The molecule has 0 radical (unpaired) electrons. The average Bonchev–Trinajstić information content (AvgIpc) is 2.97. The van der Waals surface area contributed by atoms with E-state index in [9.17, 15) is 4.79 Å². The van der Waals surface area contributed by atoms with E-state index in [0.717, 1.165) is 11.3 Å². The van der Waals surface area contributed by atoms with E-state index in [1.807, 2.05) is 66.1 Å². The number of fused-ring (bicyclic) bond motifs is 1. The Kier molecular flexibility index (Phi) is 4.48. The molecule has 4 aromatic rings. The minimum absolute atomic E-state index is 0.0989. The highest BCUT2D eigenvalue weighted by Crippen LogP contribution is 2.24. The summed E-state index contributed by atoms with van der Waals surface area (Å²) in [5.41, 5.74) is 2.29. The SMILES string of the molecule is Cc1nc2c(sc(=S)n2-c2ccccc2)c(=O)n1Cc1ccccc1Cl. The summed E-state index contributed by atoms with van der Waals surface area (Å²) in [4.78, 5) is 17.8. The number of hydrogen-bond acceptors (Lipinski definition) is 4. The molecule has 0 aliphatic heterocycles. The number of rotatable bonds is 3. The molecule has 2 aromatic heterocycles. The molecule has 26 heavy (non-hydrogen) atoms. The first-order chi connectivity index (χ1) is 12.6. The van der Waals surface area contributed by atoms with Crippen molar-refractivity contribution in [3.8, 4) is 5.69 Å². The van der Waals surface area contributed by atoms with Gasteiger partial charge in [0.05, 0.1) is 6.54 Å². The molecule has 2 aromatic carbocycles. The summed E-state index contributed by atoms with van der Waals surface area (Å²) in [6, 6.07) is 17.2. The van der Waals surface area contributed by atoms with Crippen LogP contribution in [0.2, 0.25) is 5.02 Å². The van der Waals surface area contributed by atoms with Crippen LogP contribution < -0.4 is 5.56 Å². The summed E-state index contributed by atoms with van der Waals surface area (Å²) in [7, 11) is 0. The zero-order chi connectivity index (χ0) is 18.3. The minimum Gasteiger partial charge on any atom is -0.291 e. The Labute approximate surface area is 163 Å². The second-order valence-electron chi connectivity index (χ2n) is 5.83. The monoisotopic (exact) mass is 399 g/mol. The highest BCUT2D eigenvalue weighted by molar-refractivity contribution is 7.73. The topological polar surface area (TPSA) is 39.8 Å². The molecular formula is C19H14ClN3OS2. The molecule has 0 spiro atoms. The summed E-state index contributed by atoms with van der Waals surface area (Å²) in [6.07, 6.45) is 0. The standard InChI is InChI=1S/C19H14ClN3OS2/c1-12-21-17-16(26-19(25)23(17)14-8-3-2-4-9-14)18(24)22(12)11-13-7-5-6-10-15(13)20/h2-10H,11H2,1H3. The van der Waals surface area contributed by atoms with Gasteiger partial charge in [0.25, 0.3) is 5.56 Å². The van der Waals surface area contributed by atoms with E-state index in [0.29, 0.717) is 31.7 Å². The van der Waals surface area contributed by atoms with Crippen LogP contribution in [-0.4, -0.2) is 14.1 Å². The molecule has 0 bridgehead atoms. The molecule has 0 amide bonds. The number of aryl methyl sites for hydroxylation is 1. The van der Waals surface area contributed by atoms with Crippen LogP contribution in [0, 0.1) is 10.9 Å². The number of thiazole rings is 1. The lowest BCUT2D eigenvalue weighted by molar-refractivity contribution is 0.711. The molecule has 0 unspecified atom stereocenters. The van der Waals surface area contributed by atoms with Gasteiger partial charge >= 0.3 is 0 Å². The Morgan fingerprint density at radius 2 is 1.81 bits per heavy atom. The highest BCUT2D eigenvalue weighted by atomic mass is 35.5. The Balaban J connectivity index is 1.93. The van der Waals surface area contributed by atoms with Crippen molar-refractivity contribution in [3.05, 3.63) is 85.3 Å². The largest absolute Gasteiger partial charge is 0.291 e. The van der Waals surface area contributed by atoms with Crippen LogP contribution in [0.5, 0.6) is 0 Å². The first kappa shape index (κ1) is 17.1. The van der Waals surface area contributed by atoms with Crippen molar-refractivity contribution < 1.29 is 0 Å². The second-order valence-corrected chi connectivity index (χ2v) is 7.88. The number of benzene rings is 2. The van der Waals surface area contributed by atoms with Gasteiger partial charge in [0, 0.05) is 10.7 Å². The van der Waals surface area contributed by atoms with Crippen molar-refractivity contribution in [2.75, 3.05) is 0 Å². The summed E-state index contributed by atoms with van der Waals surface area (Å²) in [6.45, 7) is 2.21. The van der Waals surface area contributed by atoms with Crippen molar-refractivity contribution in [2.45, 2.75) is 13.5 Å². The lowest BCUT2D eigenvalue weighted by Gasteiger charge is -2.11. The molecule has 0 fully saturated rings. The van der Waals surface area contributed by atoms with E-state index in [1.165, 1.54) is 11.3 Å². The number of aromatic nitrogens is 3. The third-order valence-corrected chi connectivity index (χ3v) is 5.91. The van der Waals surface area contributed by atoms with Gasteiger partial charge in [-0.2, -0.15) is 0 Å². The summed E-state index contributed by atoms with van der Waals surface area (Å²) in [5, 5.41) is 0.633. The molecule has 0 saturated heterocycles. The zero-order valence-corrected chi connectivity index (χ0v) is 16.2. The van der Waals surface area contributed by atoms with E-state index in [-0.39, 0.29) is 5.56 Å². The summed E-state index contributed by atoms with van der Waals surface area (Å²) >= 11 is 13.0. The Morgan fingerprint density at radius 3 is 2.54 bits per heavy atom. The fraction of sp³-hybridized carbons (Fsp3) is 0.105.